The van der Waals surface area contributed by atoms with Crippen molar-refractivity contribution in [3.05, 3.63) is 52.4 Å². The summed E-state index contributed by atoms with van der Waals surface area (Å²) < 4.78 is 1.33. The molecule has 2 aromatic heterocycles. The smallest absolute Gasteiger partial charge is 0.269 e. The van der Waals surface area contributed by atoms with Gasteiger partial charge in [-0.3, -0.25) is 20.4 Å². The summed E-state index contributed by atoms with van der Waals surface area (Å²) in [4.78, 5) is 24.7. The van der Waals surface area contributed by atoms with E-state index in [0.717, 1.165) is 16.6 Å². The monoisotopic (exact) mass is 408 g/mol. The number of thiophene rings is 1. The Morgan fingerprint density at radius 2 is 1.96 bits per heavy atom. The molecule has 3 aromatic rings. The number of nitrogens with two attached hydrogens (primary N) is 1. The minimum absolute atomic E-state index is 0.0146. The van der Waals surface area contributed by atoms with E-state index in [1.54, 1.807) is 24.3 Å². The number of benzene rings is 1. The Hall–Kier alpha value is -2.56. The van der Waals surface area contributed by atoms with Gasteiger partial charge >= 0.3 is 0 Å². The van der Waals surface area contributed by atoms with Crippen LogP contribution in [0.5, 0.6) is 0 Å². The van der Waals surface area contributed by atoms with Gasteiger partial charge in [-0.15, -0.1) is 21.5 Å². The number of hydrogen-bond donors (Lipinski definition) is 3. The van der Waals surface area contributed by atoms with Crippen LogP contribution < -0.4 is 16.7 Å². The third-order valence-electron chi connectivity index (χ3n) is 3.16. The summed E-state index contributed by atoms with van der Waals surface area (Å²) in [5.41, 5.74) is 5.04. The molecule has 0 spiro atoms. The molecule has 2 amide bonds. The SMILES string of the molecule is Nn1c(SCC(=O)NNC(=O)c2ccc(Cl)cc2)nnc1-c1cccs1. The van der Waals surface area contributed by atoms with Crippen molar-refractivity contribution in [1.29, 1.82) is 0 Å². The highest BCUT2D eigenvalue weighted by Gasteiger charge is 2.14. The summed E-state index contributed by atoms with van der Waals surface area (Å²) in [6, 6.07) is 10.1. The molecule has 0 unspecified atom stereocenters. The van der Waals surface area contributed by atoms with Crippen molar-refractivity contribution in [2.45, 2.75) is 5.16 Å². The van der Waals surface area contributed by atoms with Gasteiger partial charge in [-0.2, -0.15) is 0 Å². The average molecular weight is 409 g/mol. The molecule has 0 aliphatic rings. The highest BCUT2D eigenvalue weighted by atomic mass is 35.5. The molecule has 0 saturated heterocycles. The molecule has 26 heavy (non-hydrogen) atoms. The normalized spacial score (nSPS) is 10.5. The quantitative estimate of drug-likeness (QED) is 0.337. The van der Waals surface area contributed by atoms with E-state index in [9.17, 15) is 9.59 Å². The average Bonchev–Trinajstić information content (AvgIpc) is 3.28. The van der Waals surface area contributed by atoms with E-state index in [2.05, 4.69) is 21.0 Å². The van der Waals surface area contributed by atoms with Gasteiger partial charge in [0.25, 0.3) is 5.91 Å². The Labute approximate surface area is 161 Å². The van der Waals surface area contributed by atoms with Crippen LogP contribution in [0.3, 0.4) is 0 Å². The van der Waals surface area contributed by atoms with Gasteiger partial charge in [-0.05, 0) is 35.7 Å². The Morgan fingerprint density at radius 1 is 1.19 bits per heavy atom. The topological polar surface area (TPSA) is 115 Å². The first-order chi connectivity index (χ1) is 12.5. The number of halogens is 1. The van der Waals surface area contributed by atoms with E-state index in [1.807, 2.05) is 17.5 Å². The van der Waals surface area contributed by atoms with Crippen LogP contribution in [-0.4, -0.2) is 32.4 Å². The summed E-state index contributed by atoms with van der Waals surface area (Å²) >= 11 is 8.36. The first-order valence-electron chi connectivity index (χ1n) is 7.26. The summed E-state index contributed by atoms with van der Waals surface area (Å²) in [6.45, 7) is 0. The maximum Gasteiger partial charge on any atom is 0.269 e. The number of rotatable bonds is 5. The van der Waals surface area contributed by atoms with Gasteiger partial charge in [0.2, 0.25) is 11.1 Å². The maximum absolute atomic E-state index is 11.9. The molecule has 4 N–H and O–H groups in total. The molecule has 0 aliphatic heterocycles. The van der Waals surface area contributed by atoms with E-state index < -0.39 is 11.8 Å². The van der Waals surface area contributed by atoms with Crippen molar-refractivity contribution in [1.82, 2.24) is 25.7 Å². The molecule has 134 valence electrons. The number of nitrogens with zero attached hydrogens (tertiary/aromatic N) is 3. The summed E-state index contributed by atoms with van der Waals surface area (Å²) in [5.74, 6) is 5.65. The Bertz CT molecular complexity index is 911. The molecule has 0 atom stereocenters. The molecular formula is C15H13ClN6O2S2. The number of aromatic nitrogens is 3. The number of carbonyl (C=O) groups is 2. The number of amides is 2. The molecule has 11 heteroatoms. The van der Waals surface area contributed by atoms with E-state index in [1.165, 1.54) is 16.0 Å². The van der Waals surface area contributed by atoms with Crippen molar-refractivity contribution < 1.29 is 9.59 Å². The minimum Gasteiger partial charge on any atom is -0.335 e. The van der Waals surface area contributed by atoms with E-state index in [4.69, 9.17) is 17.4 Å². The van der Waals surface area contributed by atoms with Gasteiger partial charge in [0.05, 0.1) is 10.6 Å². The zero-order chi connectivity index (χ0) is 18.5. The van der Waals surface area contributed by atoms with Crippen molar-refractivity contribution in [2.24, 2.45) is 0 Å². The zero-order valence-corrected chi connectivity index (χ0v) is 15.6. The third kappa shape index (κ3) is 4.34. The Kier molecular flexibility index (Phi) is 5.76. The number of hydrazine groups is 1. The maximum atomic E-state index is 11.9. The van der Waals surface area contributed by atoms with E-state index >= 15 is 0 Å². The van der Waals surface area contributed by atoms with Crippen LogP contribution in [0.2, 0.25) is 5.02 Å². The molecule has 0 aliphatic carbocycles. The highest BCUT2D eigenvalue weighted by Crippen LogP contribution is 2.24. The predicted octanol–water partition coefficient (Wildman–Crippen LogP) is 1.93. The second-order valence-corrected chi connectivity index (χ2v) is 7.28. The number of nitrogens with one attached hydrogen (secondary N) is 2. The molecule has 8 nitrogen and oxygen atoms in total. The van der Waals surface area contributed by atoms with Crippen LogP contribution in [0.4, 0.5) is 0 Å². The molecule has 1 aromatic carbocycles. The second-order valence-electron chi connectivity index (χ2n) is 4.95. The molecule has 0 radical (unpaired) electrons. The zero-order valence-electron chi connectivity index (χ0n) is 13.2. The molecule has 3 rings (SSSR count). The molecule has 2 heterocycles. The largest absolute Gasteiger partial charge is 0.335 e. The lowest BCUT2D eigenvalue weighted by molar-refractivity contribution is -0.119. The van der Waals surface area contributed by atoms with Crippen LogP contribution in [0, 0.1) is 0 Å². The summed E-state index contributed by atoms with van der Waals surface area (Å²) in [7, 11) is 0. The molecule has 0 saturated carbocycles. The summed E-state index contributed by atoms with van der Waals surface area (Å²) in [6.07, 6.45) is 0. The van der Waals surface area contributed by atoms with Crippen LogP contribution in [0.15, 0.2) is 46.9 Å². The highest BCUT2D eigenvalue weighted by molar-refractivity contribution is 7.99. The molecule has 0 fully saturated rings. The van der Waals surface area contributed by atoms with Crippen molar-refractivity contribution >= 4 is 46.5 Å². The van der Waals surface area contributed by atoms with Gasteiger partial charge in [0.1, 0.15) is 0 Å². The van der Waals surface area contributed by atoms with Gasteiger partial charge in [-0.1, -0.05) is 29.4 Å². The summed E-state index contributed by atoms with van der Waals surface area (Å²) in [5, 5.41) is 10.8. The number of carbonyl (C=O) groups excluding carboxylic acids is 2. The third-order valence-corrected chi connectivity index (χ3v) is 5.22. The number of thioether (sulfide) groups is 1. The standard InChI is InChI=1S/C15H13ClN6O2S2/c16-10-5-3-9(4-6-10)14(24)20-18-12(23)8-26-15-21-19-13(22(15)17)11-2-1-7-25-11/h1-7H,8,17H2,(H,18,23)(H,20,24). The second kappa shape index (κ2) is 8.21. The first kappa shape index (κ1) is 18.2. The van der Waals surface area contributed by atoms with Crippen LogP contribution in [-0.2, 0) is 4.79 Å². The van der Waals surface area contributed by atoms with E-state index in [-0.39, 0.29) is 5.75 Å². The van der Waals surface area contributed by atoms with Crippen molar-refractivity contribution in [3.8, 4) is 10.7 Å². The van der Waals surface area contributed by atoms with Gasteiger partial charge in [0, 0.05) is 10.6 Å². The van der Waals surface area contributed by atoms with Crippen LogP contribution in [0.25, 0.3) is 10.7 Å². The van der Waals surface area contributed by atoms with Crippen LogP contribution >= 0.6 is 34.7 Å². The lowest BCUT2D eigenvalue weighted by Gasteiger charge is -2.07. The molecular weight excluding hydrogens is 396 g/mol. The first-order valence-corrected chi connectivity index (χ1v) is 9.51. The Balaban J connectivity index is 1.50. The minimum atomic E-state index is -0.443. The Morgan fingerprint density at radius 3 is 2.65 bits per heavy atom. The fraction of sp³-hybridized carbons (Fsp3) is 0.0667. The van der Waals surface area contributed by atoms with Gasteiger partial charge in [0.15, 0.2) is 5.82 Å². The number of hydrogen-bond acceptors (Lipinski definition) is 7. The fourth-order valence-corrected chi connectivity index (χ4v) is 3.40. The van der Waals surface area contributed by atoms with Gasteiger partial charge in [-0.25, -0.2) is 4.68 Å². The van der Waals surface area contributed by atoms with Crippen molar-refractivity contribution in [3.63, 3.8) is 0 Å². The number of nitrogen functional groups attached to an aromatic ring is 1. The van der Waals surface area contributed by atoms with E-state index in [0.29, 0.717) is 21.6 Å². The predicted molar refractivity (Wildman–Crippen MR) is 101 cm³/mol. The van der Waals surface area contributed by atoms with Crippen molar-refractivity contribution in [2.75, 3.05) is 11.6 Å². The van der Waals surface area contributed by atoms with Gasteiger partial charge < -0.3 is 5.84 Å². The van der Waals surface area contributed by atoms with Crippen LogP contribution in [0.1, 0.15) is 10.4 Å². The lowest BCUT2D eigenvalue weighted by atomic mass is 10.2. The fourth-order valence-electron chi connectivity index (χ4n) is 1.92. The lowest BCUT2D eigenvalue weighted by Crippen LogP contribution is -2.42. The molecule has 0 bridgehead atoms.